The quantitative estimate of drug-likeness (QED) is 0.787. The highest BCUT2D eigenvalue weighted by molar-refractivity contribution is 7.20. The second kappa shape index (κ2) is 6.91. The van der Waals surface area contributed by atoms with Crippen molar-refractivity contribution in [3.05, 3.63) is 20.9 Å². The van der Waals surface area contributed by atoms with Gasteiger partial charge in [0.25, 0.3) is 0 Å². The molecule has 120 valence electrons. The monoisotopic (exact) mass is 324 g/mol. The fourth-order valence-corrected chi connectivity index (χ4v) is 3.30. The van der Waals surface area contributed by atoms with Gasteiger partial charge in [0.15, 0.2) is 0 Å². The minimum atomic E-state index is -1.05. The third kappa shape index (κ3) is 3.30. The van der Waals surface area contributed by atoms with Gasteiger partial charge in [0.1, 0.15) is 15.1 Å². The van der Waals surface area contributed by atoms with Crippen LogP contribution in [0.1, 0.15) is 47.8 Å². The molecule has 2 rings (SSSR count). The molecule has 0 atom stereocenters. The van der Waals surface area contributed by atoms with Crippen LogP contribution in [0.4, 0.5) is 6.01 Å². The summed E-state index contributed by atoms with van der Waals surface area (Å²) in [5.41, 5.74) is -0.104. The van der Waals surface area contributed by atoms with E-state index in [-0.39, 0.29) is 16.3 Å². The normalized spacial score (nSPS) is 11.0. The van der Waals surface area contributed by atoms with Gasteiger partial charge in [-0.1, -0.05) is 26.2 Å². The molecule has 0 aliphatic heterocycles. The fraction of sp³-hybridized carbons (Fsp3) is 0.533. The van der Waals surface area contributed by atoms with Crippen LogP contribution in [0, 0.1) is 6.92 Å². The number of carboxylic acid groups (broad SMARTS) is 1. The minimum Gasteiger partial charge on any atom is -0.477 e. The molecule has 2 heterocycles. The number of hydrogen-bond acceptors (Lipinski definition) is 6. The predicted octanol–water partition coefficient (Wildman–Crippen LogP) is 3.27. The standard InChI is InChI=1S/C15H20N2O4S/c1-4-5-6-7-8-17(3)15-16-12-10(14(20)21-15)9(2)11(22-12)13(18)19/h4-8H2,1-3H3,(H,18,19). The number of carbonyl (C=O) groups is 1. The van der Waals surface area contributed by atoms with Crippen molar-refractivity contribution in [3.8, 4) is 0 Å². The zero-order valence-electron chi connectivity index (χ0n) is 13.0. The summed E-state index contributed by atoms with van der Waals surface area (Å²) in [6.07, 6.45) is 4.46. The first-order chi connectivity index (χ1) is 10.5. The summed E-state index contributed by atoms with van der Waals surface area (Å²) in [4.78, 5) is 29.9. The molecule has 0 unspecified atom stereocenters. The first-order valence-corrected chi connectivity index (χ1v) is 8.16. The van der Waals surface area contributed by atoms with Gasteiger partial charge in [0.2, 0.25) is 0 Å². The van der Waals surface area contributed by atoms with Crippen molar-refractivity contribution in [2.75, 3.05) is 18.5 Å². The number of hydrogen-bond donors (Lipinski definition) is 1. The van der Waals surface area contributed by atoms with E-state index >= 15 is 0 Å². The lowest BCUT2D eigenvalue weighted by atomic mass is 10.2. The second-order valence-corrected chi connectivity index (χ2v) is 6.31. The Morgan fingerprint density at radius 2 is 2.09 bits per heavy atom. The molecular weight excluding hydrogens is 304 g/mol. The molecule has 0 bridgehead atoms. The third-order valence-corrected chi connectivity index (χ3v) is 4.76. The summed E-state index contributed by atoms with van der Waals surface area (Å²) < 4.78 is 5.26. The van der Waals surface area contributed by atoms with Crippen LogP contribution in [-0.2, 0) is 0 Å². The number of anilines is 1. The summed E-state index contributed by atoms with van der Waals surface area (Å²) in [5, 5.41) is 9.41. The Morgan fingerprint density at radius 1 is 1.36 bits per heavy atom. The van der Waals surface area contributed by atoms with E-state index in [0.717, 1.165) is 37.1 Å². The number of fused-ring (bicyclic) bond motifs is 1. The predicted molar refractivity (Wildman–Crippen MR) is 87.3 cm³/mol. The highest BCUT2D eigenvalue weighted by Crippen LogP contribution is 2.28. The van der Waals surface area contributed by atoms with Crippen LogP contribution in [0.5, 0.6) is 0 Å². The van der Waals surface area contributed by atoms with Crippen molar-refractivity contribution in [1.82, 2.24) is 4.98 Å². The first kappa shape index (κ1) is 16.5. The summed E-state index contributed by atoms with van der Waals surface area (Å²) >= 11 is 1.01. The molecule has 1 N–H and O–H groups in total. The van der Waals surface area contributed by atoms with Crippen LogP contribution < -0.4 is 10.5 Å². The maximum absolute atomic E-state index is 12.1. The zero-order chi connectivity index (χ0) is 16.3. The van der Waals surface area contributed by atoms with Crippen molar-refractivity contribution >= 4 is 33.5 Å². The zero-order valence-corrected chi connectivity index (χ0v) is 13.8. The van der Waals surface area contributed by atoms with Gasteiger partial charge in [-0.25, -0.2) is 9.59 Å². The number of nitrogens with zero attached hydrogens (tertiary/aromatic N) is 2. The number of aryl methyl sites for hydroxylation is 1. The summed E-state index contributed by atoms with van der Waals surface area (Å²) in [5.74, 6) is -1.05. The molecule has 0 saturated heterocycles. The number of aromatic nitrogens is 1. The van der Waals surface area contributed by atoms with E-state index in [9.17, 15) is 9.59 Å². The van der Waals surface area contributed by atoms with E-state index in [0.29, 0.717) is 10.4 Å². The maximum atomic E-state index is 12.1. The van der Waals surface area contributed by atoms with Crippen molar-refractivity contribution in [2.24, 2.45) is 0 Å². The van der Waals surface area contributed by atoms with Crippen molar-refractivity contribution in [1.29, 1.82) is 0 Å². The van der Waals surface area contributed by atoms with E-state index in [1.54, 1.807) is 11.8 Å². The molecule has 2 aromatic heterocycles. The Labute approximate surface area is 132 Å². The maximum Gasteiger partial charge on any atom is 0.349 e. The fourth-order valence-electron chi connectivity index (χ4n) is 2.30. The summed E-state index contributed by atoms with van der Waals surface area (Å²) in [6.45, 7) is 4.50. The van der Waals surface area contributed by atoms with Gasteiger partial charge in [-0.3, -0.25) is 0 Å². The highest BCUT2D eigenvalue weighted by Gasteiger charge is 2.20. The number of unbranched alkanes of at least 4 members (excludes halogenated alkanes) is 3. The average molecular weight is 324 g/mol. The van der Waals surface area contributed by atoms with Gasteiger partial charge in [-0.2, -0.15) is 4.98 Å². The third-order valence-electron chi connectivity index (χ3n) is 3.58. The second-order valence-electron chi connectivity index (χ2n) is 5.31. The molecule has 0 aliphatic carbocycles. The molecular formula is C15H20N2O4S. The van der Waals surface area contributed by atoms with Gasteiger partial charge in [0, 0.05) is 13.6 Å². The van der Waals surface area contributed by atoms with E-state index in [1.165, 1.54) is 6.42 Å². The molecule has 0 fully saturated rings. The van der Waals surface area contributed by atoms with Crippen molar-refractivity contribution < 1.29 is 14.3 Å². The van der Waals surface area contributed by atoms with Crippen LogP contribution >= 0.6 is 11.3 Å². The molecule has 0 aromatic carbocycles. The molecule has 2 aromatic rings. The van der Waals surface area contributed by atoms with Gasteiger partial charge < -0.3 is 14.4 Å². The van der Waals surface area contributed by atoms with E-state index in [1.807, 2.05) is 7.05 Å². The largest absolute Gasteiger partial charge is 0.477 e. The lowest BCUT2D eigenvalue weighted by molar-refractivity contribution is 0.0701. The molecule has 7 heteroatoms. The molecule has 0 aliphatic rings. The summed E-state index contributed by atoms with van der Waals surface area (Å²) in [7, 11) is 1.82. The van der Waals surface area contributed by atoms with Crippen molar-refractivity contribution in [3.63, 3.8) is 0 Å². The Hall–Kier alpha value is -1.89. The van der Waals surface area contributed by atoms with Crippen LogP contribution in [0.15, 0.2) is 9.21 Å². The number of thiophene rings is 1. The van der Waals surface area contributed by atoms with Crippen molar-refractivity contribution in [2.45, 2.75) is 39.5 Å². The van der Waals surface area contributed by atoms with Crippen LogP contribution in [0.2, 0.25) is 0 Å². The van der Waals surface area contributed by atoms with E-state index in [2.05, 4.69) is 11.9 Å². The number of carboxylic acids is 1. The molecule has 0 amide bonds. The van der Waals surface area contributed by atoms with Crippen LogP contribution in [0.3, 0.4) is 0 Å². The lowest BCUT2D eigenvalue weighted by Gasteiger charge is -2.15. The Balaban J connectivity index is 2.29. The first-order valence-electron chi connectivity index (χ1n) is 7.34. The molecule has 6 nitrogen and oxygen atoms in total. The van der Waals surface area contributed by atoms with Crippen LogP contribution in [0.25, 0.3) is 10.2 Å². The smallest absolute Gasteiger partial charge is 0.349 e. The highest BCUT2D eigenvalue weighted by atomic mass is 32.1. The van der Waals surface area contributed by atoms with Gasteiger partial charge >= 0.3 is 17.6 Å². The van der Waals surface area contributed by atoms with Gasteiger partial charge in [0.05, 0.1) is 0 Å². The average Bonchev–Trinajstić information content (AvgIpc) is 2.81. The molecule has 0 spiro atoms. The minimum absolute atomic E-state index is 0.137. The molecule has 0 saturated carbocycles. The van der Waals surface area contributed by atoms with Gasteiger partial charge in [-0.05, 0) is 18.9 Å². The van der Waals surface area contributed by atoms with E-state index in [4.69, 9.17) is 9.52 Å². The number of aromatic carboxylic acids is 1. The van der Waals surface area contributed by atoms with E-state index < -0.39 is 11.6 Å². The Kier molecular flexibility index (Phi) is 5.18. The van der Waals surface area contributed by atoms with Gasteiger partial charge in [-0.15, -0.1) is 11.3 Å². The Bertz CT molecular complexity index is 735. The molecule has 0 radical (unpaired) electrons. The topological polar surface area (TPSA) is 83.6 Å². The Morgan fingerprint density at radius 3 is 2.73 bits per heavy atom. The lowest BCUT2D eigenvalue weighted by Crippen LogP contribution is -2.21. The van der Waals surface area contributed by atoms with Crippen LogP contribution in [-0.4, -0.2) is 29.7 Å². The summed E-state index contributed by atoms with van der Waals surface area (Å²) in [6, 6.07) is 0.243. The SMILES string of the molecule is CCCCCCN(C)c1nc2sc(C(=O)O)c(C)c2c(=O)o1. The molecule has 22 heavy (non-hydrogen) atoms. The number of rotatable bonds is 7.